The molecule has 0 bridgehead atoms. The molecule has 0 aliphatic carbocycles. The normalized spacial score (nSPS) is 25.5. The summed E-state index contributed by atoms with van der Waals surface area (Å²) in [5.41, 5.74) is 2.41. The van der Waals surface area contributed by atoms with E-state index in [-0.39, 0.29) is 12.6 Å². The topological polar surface area (TPSA) is 26.7 Å². The van der Waals surface area contributed by atoms with Crippen molar-refractivity contribution < 1.29 is 5.11 Å². The number of anilines is 1. The van der Waals surface area contributed by atoms with Crippen LogP contribution in [0.25, 0.3) is 0 Å². The number of hydrogen-bond donors (Lipinski definition) is 1. The highest BCUT2D eigenvalue weighted by atomic mass is 35.5. The lowest BCUT2D eigenvalue weighted by Gasteiger charge is -2.44. The summed E-state index contributed by atoms with van der Waals surface area (Å²) in [5, 5.41) is 10.2. The maximum absolute atomic E-state index is 9.47. The van der Waals surface area contributed by atoms with E-state index in [1.54, 1.807) is 0 Å². The van der Waals surface area contributed by atoms with E-state index < -0.39 is 0 Å². The Balaban J connectivity index is 2.25. The van der Waals surface area contributed by atoms with Crippen molar-refractivity contribution in [2.24, 2.45) is 0 Å². The fourth-order valence-corrected chi connectivity index (χ4v) is 2.74. The van der Waals surface area contributed by atoms with Gasteiger partial charge in [0.05, 0.1) is 12.6 Å². The van der Waals surface area contributed by atoms with Crippen LogP contribution in [-0.2, 0) is 0 Å². The molecule has 18 heavy (non-hydrogen) atoms. The van der Waals surface area contributed by atoms with Gasteiger partial charge in [-0.25, -0.2) is 0 Å². The SMILES string of the molecule is Cc1ccc(Cl)cc1N1CC(C)N(C)C(CO)C1. The molecule has 1 fully saturated rings. The molecule has 1 aromatic rings. The van der Waals surface area contributed by atoms with Gasteiger partial charge in [0.15, 0.2) is 0 Å². The first-order valence-electron chi connectivity index (χ1n) is 6.37. The minimum atomic E-state index is 0.187. The standard InChI is InChI=1S/C14H21ClN2O/c1-10-4-5-12(15)6-14(10)17-7-11(2)16(3)13(8-17)9-18/h4-6,11,13,18H,7-9H2,1-3H3. The molecule has 0 amide bonds. The smallest absolute Gasteiger partial charge is 0.0604 e. The van der Waals surface area contributed by atoms with Crippen molar-refractivity contribution >= 4 is 17.3 Å². The highest BCUT2D eigenvalue weighted by molar-refractivity contribution is 6.30. The van der Waals surface area contributed by atoms with Crippen LogP contribution in [0.1, 0.15) is 12.5 Å². The van der Waals surface area contributed by atoms with Crippen molar-refractivity contribution in [3.05, 3.63) is 28.8 Å². The molecular formula is C14H21ClN2O. The third-order valence-corrected chi connectivity index (χ3v) is 4.14. The Morgan fingerprint density at radius 2 is 2.11 bits per heavy atom. The van der Waals surface area contributed by atoms with Crippen LogP contribution in [0.3, 0.4) is 0 Å². The van der Waals surface area contributed by atoms with Crippen molar-refractivity contribution in [2.75, 3.05) is 31.6 Å². The Morgan fingerprint density at radius 3 is 2.78 bits per heavy atom. The second-order valence-electron chi connectivity index (χ2n) is 5.19. The van der Waals surface area contributed by atoms with Gasteiger partial charge in [-0.05, 0) is 38.6 Å². The molecule has 100 valence electrons. The lowest BCUT2D eigenvalue weighted by molar-refractivity contribution is 0.0996. The minimum Gasteiger partial charge on any atom is -0.395 e. The average Bonchev–Trinajstić information content (AvgIpc) is 2.35. The Kier molecular flexibility index (Phi) is 4.15. The Labute approximate surface area is 114 Å². The lowest BCUT2D eigenvalue weighted by Crippen LogP contribution is -2.57. The number of piperazine rings is 1. The van der Waals surface area contributed by atoms with Crippen molar-refractivity contribution in [1.82, 2.24) is 4.90 Å². The van der Waals surface area contributed by atoms with E-state index >= 15 is 0 Å². The molecule has 2 unspecified atom stereocenters. The third-order valence-electron chi connectivity index (χ3n) is 3.91. The number of hydrogen-bond acceptors (Lipinski definition) is 3. The van der Waals surface area contributed by atoms with Gasteiger partial charge in [0.25, 0.3) is 0 Å². The van der Waals surface area contributed by atoms with Gasteiger partial charge in [0.2, 0.25) is 0 Å². The van der Waals surface area contributed by atoms with Gasteiger partial charge < -0.3 is 10.0 Å². The zero-order chi connectivity index (χ0) is 13.3. The molecular weight excluding hydrogens is 248 g/mol. The first-order valence-corrected chi connectivity index (χ1v) is 6.74. The summed E-state index contributed by atoms with van der Waals surface area (Å²) in [6, 6.07) is 6.60. The summed E-state index contributed by atoms with van der Waals surface area (Å²) in [7, 11) is 2.08. The molecule has 1 heterocycles. The van der Waals surface area contributed by atoms with Gasteiger partial charge >= 0.3 is 0 Å². The molecule has 4 heteroatoms. The molecule has 0 saturated carbocycles. The van der Waals surface area contributed by atoms with Crippen LogP contribution < -0.4 is 4.90 Å². The maximum Gasteiger partial charge on any atom is 0.0604 e. The monoisotopic (exact) mass is 268 g/mol. The van der Waals surface area contributed by atoms with Gasteiger partial charge in [0, 0.05) is 29.8 Å². The van der Waals surface area contributed by atoms with E-state index in [2.05, 4.69) is 36.8 Å². The fraction of sp³-hybridized carbons (Fsp3) is 0.571. The van der Waals surface area contributed by atoms with Gasteiger partial charge in [-0.3, -0.25) is 4.90 Å². The van der Waals surface area contributed by atoms with Crippen LogP contribution >= 0.6 is 11.6 Å². The van der Waals surface area contributed by atoms with Gasteiger partial charge in [-0.15, -0.1) is 0 Å². The Morgan fingerprint density at radius 1 is 1.39 bits per heavy atom. The summed E-state index contributed by atoms with van der Waals surface area (Å²) < 4.78 is 0. The molecule has 2 atom stereocenters. The highest BCUT2D eigenvalue weighted by Gasteiger charge is 2.29. The number of likely N-dealkylation sites (N-methyl/N-ethyl adjacent to an activating group) is 1. The molecule has 0 spiro atoms. The number of nitrogens with zero attached hydrogens (tertiary/aromatic N) is 2. The van der Waals surface area contributed by atoms with Crippen LogP contribution in [0.5, 0.6) is 0 Å². The second kappa shape index (κ2) is 5.47. The van der Waals surface area contributed by atoms with Crippen LogP contribution in [0.4, 0.5) is 5.69 Å². The van der Waals surface area contributed by atoms with Gasteiger partial charge in [-0.2, -0.15) is 0 Å². The van der Waals surface area contributed by atoms with Crippen LogP contribution in [0.15, 0.2) is 18.2 Å². The number of aryl methyl sites for hydroxylation is 1. The quantitative estimate of drug-likeness (QED) is 0.890. The summed E-state index contributed by atoms with van der Waals surface area (Å²) in [4.78, 5) is 4.57. The van der Waals surface area contributed by atoms with Crippen molar-refractivity contribution in [2.45, 2.75) is 25.9 Å². The lowest BCUT2D eigenvalue weighted by atomic mass is 10.1. The molecule has 0 radical (unpaired) electrons. The molecule has 1 aromatic carbocycles. The van der Waals surface area contributed by atoms with Crippen LogP contribution in [0.2, 0.25) is 5.02 Å². The Hall–Kier alpha value is -0.770. The van der Waals surface area contributed by atoms with Gasteiger partial charge in [-0.1, -0.05) is 17.7 Å². The highest BCUT2D eigenvalue weighted by Crippen LogP contribution is 2.27. The van der Waals surface area contributed by atoms with E-state index in [9.17, 15) is 5.11 Å². The first kappa shape index (κ1) is 13.7. The van der Waals surface area contributed by atoms with E-state index in [1.165, 1.54) is 11.3 Å². The first-order chi connectivity index (χ1) is 8.52. The van der Waals surface area contributed by atoms with Gasteiger partial charge in [0.1, 0.15) is 0 Å². The molecule has 3 nitrogen and oxygen atoms in total. The van der Waals surface area contributed by atoms with E-state index in [0.717, 1.165) is 18.1 Å². The molecule has 1 N–H and O–H groups in total. The minimum absolute atomic E-state index is 0.187. The molecule has 2 rings (SSSR count). The van der Waals surface area contributed by atoms with Crippen LogP contribution in [0, 0.1) is 6.92 Å². The number of halogens is 1. The number of aliphatic hydroxyl groups is 1. The van der Waals surface area contributed by atoms with Crippen LogP contribution in [-0.4, -0.2) is 48.8 Å². The van der Waals surface area contributed by atoms with Crippen molar-refractivity contribution in [3.8, 4) is 0 Å². The number of aliphatic hydroxyl groups excluding tert-OH is 1. The maximum atomic E-state index is 9.47. The molecule has 0 aromatic heterocycles. The third kappa shape index (κ3) is 2.63. The molecule has 1 aliphatic rings. The van der Waals surface area contributed by atoms with E-state index in [4.69, 9.17) is 11.6 Å². The second-order valence-corrected chi connectivity index (χ2v) is 5.62. The predicted molar refractivity (Wildman–Crippen MR) is 76.5 cm³/mol. The average molecular weight is 269 g/mol. The number of rotatable bonds is 2. The fourth-order valence-electron chi connectivity index (χ4n) is 2.57. The molecule has 1 saturated heterocycles. The summed E-state index contributed by atoms with van der Waals surface area (Å²) in [6.07, 6.45) is 0. The van der Waals surface area contributed by atoms with Crippen molar-refractivity contribution in [3.63, 3.8) is 0 Å². The summed E-state index contributed by atoms with van der Waals surface area (Å²) >= 11 is 6.08. The zero-order valence-corrected chi connectivity index (χ0v) is 12.0. The van der Waals surface area contributed by atoms with Crippen molar-refractivity contribution in [1.29, 1.82) is 0 Å². The molecule has 1 aliphatic heterocycles. The Bertz CT molecular complexity index is 424. The predicted octanol–water partition coefficient (Wildman–Crippen LogP) is 2.15. The largest absolute Gasteiger partial charge is 0.395 e. The van der Waals surface area contributed by atoms with E-state index in [1.807, 2.05) is 12.1 Å². The summed E-state index contributed by atoms with van der Waals surface area (Å²) in [6.45, 7) is 6.29. The summed E-state index contributed by atoms with van der Waals surface area (Å²) in [5.74, 6) is 0. The zero-order valence-electron chi connectivity index (χ0n) is 11.2. The number of benzene rings is 1. The van der Waals surface area contributed by atoms with E-state index in [0.29, 0.717) is 6.04 Å².